The highest BCUT2D eigenvalue weighted by atomic mass is 16.4. The molecule has 0 spiro atoms. The maximum absolute atomic E-state index is 12.0. The van der Waals surface area contributed by atoms with Crippen LogP contribution in [0.2, 0.25) is 0 Å². The zero-order valence-corrected chi connectivity index (χ0v) is 13.6. The van der Waals surface area contributed by atoms with E-state index < -0.39 is 11.5 Å². The standard InChI is InChI=1S/C17H28N2O2/c1-5-18-17(16(20)21,15-9-7-6-8-10-15)13-19(4)12-11-14(2)3/h6-10,14,18H,5,11-13H2,1-4H3,(H,20,21). The van der Waals surface area contributed by atoms with Crippen molar-refractivity contribution in [2.45, 2.75) is 32.7 Å². The van der Waals surface area contributed by atoms with Crippen molar-refractivity contribution in [1.29, 1.82) is 0 Å². The molecule has 0 aromatic heterocycles. The molecule has 1 unspecified atom stereocenters. The molecule has 0 fully saturated rings. The van der Waals surface area contributed by atoms with E-state index in [-0.39, 0.29) is 0 Å². The molecular formula is C17H28N2O2. The molecule has 0 saturated carbocycles. The number of nitrogens with one attached hydrogen (secondary N) is 1. The number of carboxylic acid groups (broad SMARTS) is 1. The van der Waals surface area contributed by atoms with Gasteiger partial charge in [0.25, 0.3) is 0 Å². The van der Waals surface area contributed by atoms with E-state index in [4.69, 9.17) is 0 Å². The Bertz CT molecular complexity index is 434. The first-order chi connectivity index (χ1) is 9.92. The summed E-state index contributed by atoms with van der Waals surface area (Å²) in [4.78, 5) is 14.1. The molecule has 118 valence electrons. The predicted octanol–water partition coefficient (Wildman–Crippen LogP) is 2.55. The molecule has 21 heavy (non-hydrogen) atoms. The molecule has 1 atom stereocenters. The summed E-state index contributed by atoms with van der Waals surface area (Å²) in [5.41, 5.74) is -0.252. The first-order valence-corrected chi connectivity index (χ1v) is 7.65. The van der Waals surface area contributed by atoms with Gasteiger partial charge in [0.05, 0.1) is 0 Å². The molecule has 0 amide bonds. The lowest BCUT2D eigenvalue weighted by Gasteiger charge is -2.35. The Labute approximate surface area is 128 Å². The van der Waals surface area contributed by atoms with Gasteiger partial charge in [0.1, 0.15) is 0 Å². The summed E-state index contributed by atoms with van der Waals surface area (Å²) in [5, 5.41) is 13.0. The highest BCUT2D eigenvalue weighted by Crippen LogP contribution is 2.23. The Kier molecular flexibility index (Phi) is 6.85. The van der Waals surface area contributed by atoms with Crippen molar-refractivity contribution in [3.63, 3.8) is 0 Å². The Morgan fingerprint density at radius 1 is 1.33 bits per heavy atom. The quantitative estimate of drug-likeness (QED) is 0.734. The van der Waals surface area contributed by atoms with Crippen LogP contribution in [0, 0.1) is 5.92 Å². The Morgan fingerprint density at radius 3 is 2.43 bits per heavy atom. The van der Waals surface area contributed by atoms with E-state index in [0.717, 1.165) is 18.5 Å². The molecule has 4 heteroatoms. The second-order valence-electron chi connectivity index (χ2n) is 6.03. The Hall–Kier alpha value is -1.39. The minimum absolute atomic E-state index is 0.451. The SMILES string of the molecule is CCNC(CN(C)CCC(C)C)(C(=O)O)c1ccccc1. The lowest BCUT2D eigenvalue weighted by Crippen LogP contribution is -2.56. The third-order valence-corrected chi connectivity index (χ3v) is 3.71. The normalized spacial score (nSPS) is 14.4. The zero-order chi connectivity index (χ0) is 15.9. The van der Waals surface area contributed by atoms with Gasteiger partial charge >= 0.3 is 5.97 Å². The predicted molar refractivity (Wildman–Crippen MR) is 86.4 cm³/mol. The molecule has 0 aliphatic rings. The summed E-state index contributed by atoms with van der Waals surface area (Å²) in [6.45, 7) is 8.26. The van der Waals surface area contributed by atoms with Crippen LogP contribution in [-0.4, -0.2) is 42.7 Å². The highest BCUT2D eigenvalue weighted by Gasteiger charge is 2.40. The van der Waals surface area contributed by atoms with E-state index in [9.17, 15) is 9.90 Å². The molecule has 0 radical (unpaired) electrons. The van der Waals surface area contributed by atoms with Gasteiger partial charge in [0.15, 0.2) is 5.54 Å². The van der Waals surface area contributed by atoms with Crippen molar-refractivity contribution >= 4 is 5.97 Å². The molecule has 1 rings (SSSR count). The minimum atomic E-state index is -1.05. The van der Waals surface area contributed by atoms with Gasteiger partial charge in [-0.25, -0.2) is 4.79 Å². The molecule has 0 aliphatic heterocycles. The van der Waals surface area contributed by atoms with Crippen molar-refractivity contribution in [3.05, 3.63) is 35.9 Å². The van der Waals surface area contributed by atoms with Gasteiger partial charge in [0.2, 0.25) is 0 Å². The van der Waals surface area contributed by atoms with Gasteiger partial charge in [-0.1, -0.05) is 51.1 Å². The fourth-order valence-corrected chi connectivity index (χ4v) is 2.50. The highest BCUT2D eigenvalue weighted by molar-refractivity contribution is 5.81. The van der Waals surface area contributed by atoms with Gasteiger partial charge < -0.3 is 10.0 Å². The number of likely N-dealkylation sites (N-methyl/N-ethyl adjacent to an activating group) is 2. The lowest BCUT2D eigenvalue weighted by molar-refractivity contribution is -0.146. The number of nitrogens with zero attached hydrogens (tertiary/aromatic N) is 1. The Balaban J connectivity index is 2.99. The average Bonchev–Trinajstić information content (AvgIpc) is 2.45. The number of hydrogen-bond donors (Lipinski definition) is 2. The van der Waals surface area contributed by atoms with Gasteiger partial charge in [-0.3, -0.25) is 5.32 Å². The third kappa shape index (κ3) is 4.83. The maximum atomic E-state index is 12.0. The van der Waals surface area contributed by atoms with Crippen molar-refractivity contribution in [3.8, 4) is 0 Å². The van der Waals surface area contributed by atoms with Crippen LogP contribution in [0.15, 0.2) is 30.3 Å². The molecule has 4 nitrogen and oxygen atoms in total. The number of rotatable bonds is 9. The molecule has 0 heterocycles. The Morgan fingerprint density at radius 2 is 1.95 bits per heavy atom. The van der Waals surface area contributed by atoms with E-state index in [0.29, 0.717) is 19.0 Å². The molecule has 0 bridgehead atoms. The first kappa shape index (κ1) is 17.7. The van der Waals surface area contributed by atoms with Gasteiger partial charge in [-0.05, 0) is 38.0 Å². The van der Waals surface area contributed by atoms with Gasteiger partial charge in [0, 0.05) is 6.54 Å². The van der Waals surface area contributed by atoms with E-state index in [1.807, 2.05) is 44.3 Å². The van der Waals surface area contributed by atoms with Crippen LogP contribution in [-0.2, 0) is 10.3 Å². The van der Waals surface area contributed by atoms with Crippen molar-refractivity contribution in [2.24, 2.45) is 5.92 Å². The van der Waals surface area contributed by atoms with Crippen LogP contribution < -0.4 is 5.32 Å². The molecular weight excluding hydrogens is 264 g/mol. The summed E-state index contributed by atoms with van der Waals surface area (Å²) in [5.74, 6) is -0.213. The minimum Gasteiger partial charge on any atom is -0.480 e. The number of carbonyl (C=O) groups is 1. The van der Waals surface area contributed by atoms with Gasteiger partial charge in [-0.2, -0.15) is 0 Å². The van der Waals surface area contributed by atoms with E-state index >= 15 is 0 Å². The van der Waals surface area contributed by atoms with Crippen molar-refractivity contribution < 1.29 is 9.90 Å². The fraction of sp³-hybridized carbons (Fsp3) is 0.588. The summed E-state index contributed by atoms with van der Waals surface area (Å²) < 4.78 is 0. The zero-order valence-electron chi connectivity index (χ0n) is 13.6. The van der Waals surface area contributed by atoms with Crippen LogP contribution in [0.1, 0.15) is 32.8 Å². The van der Waals surface area contributed by atoms with Crippen LogP contribution >= 0.6 is 0 Å². The topological polar surface area (TPSA) is 52.6 Å². The maximum Gasteiger partial charge on any atom is 0.329 e. The second kappa shape index (κ2) is 8.15. The summed E-state index contributed by atoms with van der Waals surface area (Å²) in [6, 6.07) is 9.45. The van der Waals surface area contributed by atoms with Crippen molar-refractivity contribution in [1.82, 2.24) is 10.2 Å². The largest absolute Gasteiger partial charge is 0.480 e. The van der Waals surface area contributed by atoms with E-state index in [1.165, 1.54) is 0 Å². The smallest absolute Gasteiger partial charge is 0.329 e. The van der Waals surface area contributed by atoms with Crippen LogP contribution in [0.5, 0.6) is 0 Å². The average molecular weight is 292 g/mol. The van der Waals surface area contributed by atoms with E-state index in [2.05, 4.69) is 24.1 Å². The number of aliphatic carboxylic acids is 1. The summed E-state index contributed by atoms with van der Waals surface area (Å²) >= 11 is 0. The van der Waals surface area contributed by atoms with Crippen LogP contribution in [0.25, 0.3) is 0 Å². The molecule has 2 N–H and O–H groups in total. The molecule has 0 saturated heterocycles. The lowest BCUT2D eigenvalue weighted by atomic mass is 9.89. The van der Waals surface area contributed by atoms with Crippen LogP contribution in [0.3, 0.4) is 0 Å². The second-order valence-corrected chi connectivity index (χ2v) is 6.03. The van der Waals surface area contributed by atoms with Gasteiger partial charge in [-0.15, -0.1) is 0 Å². The number of carboxylic acids is 1. The van der Waals surface area contributed by atoms with Crippen molar-refractivity contribution in [2.75, 3.05) is 26.7 Å². The van der Waals surface area contributed by atoms with E-state index in [1.54, 1.807) is 0 Å². The first-order valence-electron chi connectivity index (χ1n) is 7.65. The monoisotopic (exact) mass is 292 g/mol. The molecule has 1 aromatic rings. The number of benzene rings is 1. The van der Waals surface area contributed by atoms with Crippen LogP contribution in [0.4, 0.5) is 0 Å². The molecule has 0 aliphatic carbocycles. The third-order valence-electron chi connectivity index (χ3n) is 3.71. The number of hydrogen-bond acceptors (Lipinski definition) is 3. The molecule has 1 aromatic carbocycles. The summed E-state index contributed by atoms with van der Waals surface area (Å²) in [6.07, 6.45) is 1.06. The fourth-order valence-electron chi connectivity index (χ4n) is 2.50. The summed E-state index contributed by atoms with van der Waals surface area (Å²) in [7, 11) is 1.99.